The van der Waals surface area contributed by atoms with Crippen molar-refractivity contribution in [1.29, 1.82) is 0 Å². The van der Waals surface area contributed by atoms with Crippen molar-refractivity contribution < 1.29 is 0 Å². The second-order valence-electron chi connectivity index (χ2n) is 5.36. The second-order valence-corrected chi connectivity index (χ2v) is 5.36. The highest BCUT2D eigenvalue weighted by Gasteiger charge is 2.14. The van der Waals surface area contributed by atoms with Crippen LogP contribution in [0.25, 0.3) is 10.8 Å². The summed E-state index contributed by atoms with van der Waals surface area (Å²) >= 11 is 0. The number of hydrogen-bond acceptors (Lipinski definition) is 3. The van der Waals surface area contributed by atoms with Crippen molar-refractivity contribution in [2.24, 2.45) is 0 Å². The molecule has 2 aromatic rings. The third-order valence-corrected chi connectivity index (χ3v) is 3.93. The van der Waals surface area contributed by atoms with Crippen LogP contribution in [0.4, 0.5) is 5.69 Å². The first-order valence-electron chi connectivity index (χ1n) is 7.15. The zero-order valence-electron chi connectivity index (χ0n) is 11.5. The molecule has 1 aliphatic rings. The summed E-state index contributed by atoms with van der Waals surface area (Å²) in [6.07, 6.45) is 6.24. The number of nitrogens with zero attached hydrogens (tertiary/aromatic N) is 2. The summed E-state index contributed by atoms with van der Waals surface area (Å²) in [6.45, 7) is 5.64. The zero-order valence-corrected chi connectivity index (χ0v) is 11.5. The first-order chi connectivity index (χ1) is 9.34. The smallest absolute Gasteiger partial charge is 0.0447 e. The van der Waals surface area contributed by atoms with Crippen molar-refractivity contribution in [2.45, 2.75) is 25.8 Å². The van der Waals surface area contributed by atoms with Gasteiger partial charge in [-0.15, -0.1) is 0 Å². The number of anilines is 1. The molecule has 3 nitrogen and oxygen atoms in total. The van der Waals surface area contributed by atoms with Crippen molar-refractivity contribution in [3.05, 3.63) is 36.7 Å². The fourth-order valence-electron chi connectivity index (χ4n) is 2.80. The third-order valence-electron chi connectivity index (χ3n) is 3.93. The molecule has 0 amide bonds. The van der Waals surface area contributed by atoms with E-state index in [0.717, 1.165) is 19.6 Å². The number of pyridine rings is 1. The van der Waals surface area contributed by atoms with Crippen LogP contribution in [0.15, 0.2) is 36.7 Å². The van der Waals surface area contributed by atoms with Gasteiger partial charge in [-0.1, -0.05) is 12.1 Å². The Hall–Kier alpha value is -1.61. The van der Waals surface area contributed by atoms with Gasteiger partial charge in [0.2, 0.25) is 0 Å². The van der Waals surface area contributed by atoms with E-state index < -0.39 is 0 Å². The van der Waals surface area contributed by atoms with Gasteiger partial charge < -0.3 is 10.2 Å². The van der Waals surface area contributed by atoms with Crippen molar-refractivity contribution in [3.63, 3.8) is 0 Å². The van der Waals surface area contributed by atoms with E-state index in [2.05, 4.69) is 46.4 Å². The number of hydrogen-bond donors (Lipinski definition) is 1. The van der Waals surface area contributed by atoms with Crippen LogP contribution in [-0.4, -0.2) is 30.7 Å². The molecule has 0 saturated carbocycles. The molecule has 1 fully saturated rings. The van der Waals surface area contributed by atoms with Crippen LogP contribution in [-0.2, 0) is 0 Å². The molecule has 3 rings (SSSR count). The van der Waals surface area contributed by atoms with Gasteiger partial charge in [0, 0.05) is 48.0 Å². The van der Waals surface area contributed by atoms with Crippen LogP contribution < -0.4 is 10.2 Å². The summed E-state index contributed by atoms with van der Waals surface area (Å²) in [4.78, 5) is 6.74. The lowest BCUT2D eigenvalue weighted by molar-refractivity contribution is 0.475. The zero-order chi connectivity index (χ0) is 13.1. The summed E-state index contributed by atoms with van der Waals surface area (Å²) in [5, 5.41) is 6.11. The Morgan fingerprint density at radius 2 is 2.21 bits per heavy atom. The van der Waals surface area contributed by atoms with Crippen molar-refractivity contribution >= 4 is 16.5 Å². The molecule has 1 saturated heterocycles. The molecule has 1 atom stereocenters. The predicted molar refractivity (Wildman–Crippen MR) is 80.7 cm³/mol. The van der Waals surface area contributed by atoms with Crippen LogP contribution in [0.3, 0.4) is 0 Å². The molecule has 0 spiro atoms. The largest absolute Gasteiger partial charge is 0.371 e. The Balaban J connectivity index is 1.93. The van der Waals surface area contributed by atoms with Crippen LogP contribution in [0.2, 0.25) is 0 Å². The lowest BCUT2D eigenvalue weighted by Crippen LogP contribution is -2.38. The molecule has 2 heterocycles. The number of fused-ring (bicyclic) bond motifs is 1. The average Bonchev–Trinajstić information content (AvgIpc) is 2.43. The van der Waals surface area contributed by atoms with Gasteiger partial charge in [-0.05, 0) is 38.4 Å². The number of benzene rings is 1. The minimum atomic E-state index is 0.611. The normalized spacial score (nSPS) is 21.1. The van der Waals surface area contributed by atoms with E-state index in [1.54, 1.807) is 0 Å². The molecule has 0 bridgehead atoms. The maximum atomic E-state index is 4.22. The fraction of sp³-hybridized carbons (Fsp3) is 0.438. The van der Waals surface area contributed by atoms with Gasteiger partial charge in [0.25, 0.3) is 0 Å². The summed E-state index contributed by atoms with van der Waals surface area (Å²) < 4.78 is 0. The molecule has 1 unspecified atom stereocenters. The van der Waals surface area contributed by atoms with Crippen LogP contribution in [0.5, 0.6) is 0 Å². The van der Waals surface area contributed by atoms with E-state index in [-0.39, 0.29) is 0 Å². The highest BCUT2D eigenvalue weighted by Crippen LogP contribution is 2.26. The molecule has 19 heavy (non-hydrogen) atoms. The van der Waals surface area contributed by atoms with Crippen LogP contribution in [0, 0.1) is 0 Å². The first kappa shape index (κ1) is 12.4. The summed E-state index contributed by atoms with van der Waals surface area (Å²) in [6, 6.07) is 9.26. The topological polar surface area (TPSA) is 28.2 Å². The molecule has 0 aliphatic carbocycles. The Labute approximate surface area is 114 Å². The van der Waals surface area contributed by atoms with Crippen molar-refractivity contribution in [1.82, 2.24) is 10.3 Å². The van der Waals surface area contributed by atoms with Gasteiger partial charge in [-0.25, -0.2) is 0 Å². The van der Waals surface area contributed by atoms with E-state index >= 15 is 0 Å². The molecular formula is C16H21N3. The van der Waals surface area contributed by atoms with E-state index in [1.165, 1.54) is 29.3 Å². The molecule has 1 aromatic heterocycles. The Bertz CT molecular complexity index is 547. The monoisotopic (exact) mass is 255 g/mol. The fourth-order valence-corrected chi connectivity index (χ4v) is 2.80. The molecule has 3 heteroatoms. The average molecular weight is 255 g/mol. The standard InChI is InChI=1S/C16H21N3/c1-13-7-11-19(10-3-8-18-13)16-5-2-4-14-12-17-9-6-15(14)16/h2,4-6,9,12-13,18H,3,7-8,10-11H2,1H3. The molecule has 100 valence electrons. The van der Waals surface area contributed by atoms with Gasteiger partial charge >= 0.3 is 0 Å². The quantitative estimate of drug-likeness (QED) is 0.849. The Morgan fingerprint density at radius 3 is 3.16 bits per heavy atom. The van der Waals surface area contributed by atoms with Crippen LogP contribution in [0.1, 0.15) is 19.8 Å². The van der Waals surface area contributed by atoms with Gasteiger partial charge in [-0.2, -0.15) is 0 Å². The highest BCUT2D eigenvalue weighted by atomic mass is 15.1. The third kappa shape index (κ3) is 2.71. The van der Waals surface area contributed by atoms with E-state index in [4.69, 9.17) is 0 Å². The summed E-state index contributed by atoms with van der Waals surface area (Å²) in [7, 11) is 0. The van der Waals surface area contributed by atoms with Gasteiger partial charge in [0.1, 0.15) is 0 Å². The minimum absolute atomic E-state index is 0.611. The lowest BCUT2D eigenvalue weighted by atomic mass is 10.1. The van der Waals surface area contributed by atoms with E-state index in [0.29, 0.717) is 6.04 Å². The minimum Gasteiger partial charge on any atom is -0.371 e. The molecule has 0 radical (unpaired) electrons. The number of nitrogens with one attached hydrogen (secondary N) is 1. The van der Waals surface area contributed by atoms with E-state index in [1.807, 2.05) is 12.4 Å². The maximum absolute atomic E-state index is 4.22. The Kier molecular flexibility index (Phi) is 3.65. The van der Waals surface area contributed by atoms with Crippen molar-refractivity contribution in [2.75, 3.05) is 24.5 Å². The second kappa shape index (κ2) is 5.57. The van der Waals surface area contributed by atoms with Gasteiger partial charge in [0.15, 0.2) is 0 Å². The highest BCUT2D eigenvalue weighted by molar-refractivity contribution is 5.93. The van der Waals surface area contributed by atoms with Crippen LogP contribution >= 0.6 is 0 Å². The SMILES string of the molecule is CC1CCN(c2cccc3cnccc23)CCCN1. The lowest BCUT2D eigenvalue weighted by Gasteiger charge is -2.30. The Morgan fingerprint density at radius 1 is 1.26 bits per heavy atom. The molecule has 1 N–H and O–H groups in total. The molecule has 1 aromatic carbocycles. The van der Waals surface area contributed by atoms with Gasteiger partial charge in [0.05, 0.1) is 0 Å². The molecule has 1 aliphatic heterocycles. The van der Waals surface area contributed by atoms with Gasteiger partial charge in [-0.3, -0.25) is 4.98 Å². The number of rotatable bonds is 1. The summed E-state index contributed by atoms with van der Waals surface area (Å²) in [5.41, 5.74) is 1.36. The number of aromatic nitrogens is 1. The predicted octanol–water partition coefficient (Wildman–Crippen LogP) is 2.81. The van der Waals surface area contributed by atoms with Crippen molar-refractivity contribution in [3.8, 4) is 0 Å². The van der Waals surface area contributed by atoms with E-state index in [9.17, 15) is 0 Å². The first-order valence-corrected chi connectivity index (χ1v) is 7.15. The maximum Gasteiger partial charge on any atom is 0.0447 e. The molecular weight excluding hydrogens is 234 g/mol. The summed E-state index contributed by atoms with van der Waals surface area (Å²) in [5.74, 6) is 0.